The molecule has 4 rings (SSSR count). The highest BCUT2D eigenvalue weighted by molar-refractivity contribution is 7.97. The Kier molecular flexibility index (Phi) is 24.4. The molecule has 3 aliphatic heterocycles. The number of rotatable bonds is 22. The van der Waals surface area contributed by atoms with Gasteiger partial charge in [0.1, 0.15) is 11.8 Å². The average Bonchev–Trinajstić information content (AvgIpc) is 3.81. The molecule has 1 aliphatic carbocycles. The van der Waals surface area contributed by atoms with Crippen LogP contribution < -0.4 is 0 Å². The van der Waals surface area contributed by atoms with Crippen molar-refractivity contribution in [2.24, 2.45) is 17.8 Å². The molecular weight excluding hydrogens is 793 g/mol. The van der Waals surface area contributed by atoms with Crippen LogP contribution in [0.15, 0.2) is 47.6 Å². The quantitative estimate of drug-likeness (QED) is 0.0314. The maximum atomic E-state index is 12.6. The molecule has 0 spiro atoms. The van der Waals surface area contributed by atoms with Gasteiger partial charge >= 0.3 is 5.97 Å². The van der Waals surface area contributed by atoms with Crippen LogP contribution in [0.1, 0.15) is 157 Å². The van der Waals surface area contributed by atoms with Gasteiger partial charge in [0.15, 0.2) is 0 Å². The normalized spacial score (nSPS) is 27.1. The molecule has 11 nitrogen and oxygen atoms in total. The van der Waals surface area contributed by atoms with Crippen molar-refractivity contribution in [2.75, 3.05) is 32.6 Å². The summed E-state index contributed by atoms with van der Waals surface area (Å²) in [6, 6.07) is -0.522. The van der Waals surface area contributed by atoms with E-state index in [1.165, 1.54) is 75.7 Å². The van der Waals surface area contributed by atoms with E-state index >= 15 is 0 Å². The number of likely N-dealkylation sites (tertiary alicyclic amines) is 1. The number of carboxylic acids is 1. The minimum Gasteiger partial charge on any atom is -0.480 e. The molecule has 0 bridgehead atoms. The summed E-state index contributed by atoms with van der Waals surface area (Å²) in [6.45, 7) is 11.7. The number of piperidine rings is 1. The number of unbranched alkanes of at least 4 members (excludes halogenated alkanes) is 4. The van der Waals surface area contributed by atoms with E-state index in [9.17, 15) is 29.4 Å². The highest BCUT2D eigenvalue weighted by atomic mass is 32.2. The van der Waals surface area contributed by atoms with E-state index in [0.717, 1.165) is 42.1 Å². The lowest BCUT2D eigenvalue weighted by Crippen LogP contribution is -2.59. The van der Waals surface area contributed by atoms with Crippen LogP contribution in [0.5, 0.6) is 0 Å². The fraction of sp³-hybridized carbons (Fsp3) is 0.755. The summed E-state index contributed by atoms with van der Waals surface area (Å²) in [5, 5.41) is 30.1. The zero-order valence-electron chi connectivity index (χ0n) is 38.4. The summed E-state index contributed by atoms with van der Waals surface area (Å²) >= 11 is 1.95. The predicted octanol–water partition coefficient (Wildman–Crippen LogP) is 9.17. The van der Waals surface area contributed by atoms with Gasteiger partial charge in [-0.15, -0.1) is 0 Å². The van der Waals surface area contributed by atoms with Gasteiger partial charge in [-0.05, 0) is 109 Å². The van der Waals surface area contributed by atoms with Crippen LogP contribution in [0.25, 0.3) is 0 Å². The van der Waals surface area contributed by atoms with E-state index in [1.54, 1.807) is 6.92 Å². The molecule has 0 radical (unpaired) electrons. The SMILES string of the molecule is CC1CCCOC1(O)C(=O)C(=O)N1CCCCC1C(=O)O.COC1CCCC(CCCCCC/C=C(\C)[C@@H](O)CC(=O)[C@H](C)CC/C=C/C=C/C=C(\C)C(C)N2CCCS2)C1. The Morgan fingerprint density at radius 3 is 2.38 bits per heavy atom. The van der Waals surface area contributed by atoms with Crippen molar-refractivity contribution in [3.63, 3.8) is 0 Å². The van der Waals surface area contributed by atoms with E-state index in [2.05, 4.69) is 54.6 Å². The number of aliphatic hydroxyl groups is 2. The molecule has 0 aromatic heterocycles. The maximum absolute atomic E-state index is 12.6. The lowest BCUT2D eigenvalue weighted by atomic mass is 9.84. The smallest absolute Gasteiger partial charge is 0.326 e. The van der Waals surface area contributed by atoms with Gasteiger partial charge in [-0.1, -0.05) is 106 Å². The lowest BCUT2D eigenvalue weighted by Gasteiger charge is -2.38. The van der Waals surface area contributed by atoms with E-state index in [4.69, 9.17) is 14.6 Å². The first-order chi connectivity index (χ1) is 29.2. The Bertz CT molecular complexity index is 1490. The fourth-order valence-electron chi connectivity index (χ4n) is 8.72. The van der Waals surface area contributed by atoms with Crippen LogP contribution in [-0.4, -0.2) is 111 Å². The number of nitrogens with zero attached hydrogens (tertiary/aromatic N) is 2. The molecule has 346 valence electrons. The van der Waals surface area contributed by atoms with E-state index in [1.807, 2.05) is 32.9 Å². The standard InChI is InChI=1S/C35H59NO3S.C14H21NO6/c1-28(31(4)36-24-17-25-40-36)18-12-8-6-9-13-19-29(2)34(37)27-35(38)30(3)20-14-10-7-11-15-21-32-22-16-23-33(26-32)39-5;1-9-5-4-8-21-14(9,20)11(16)12(17)15-7-3-2-6-10(15)13(18)19/h6,8-9,12,18,20,29,31-33,35,38H,7,10-11,13-17,19,21-27H2,1-5H3;9-10,20H,2-8H2,1H3,(H,18,19)/b9-6+,12-8+,28-18+,30-20+;/t29-,31?,32?,33?,35+;/m1./s1. The minimum absolute atomic E-state index is 0.0274. The topological polar surface area (TPSA) is 154 Å². The second-order valence-corrected chi connectivity index (χ2v) is 19.1. The number of ketones is 2. The van der Waals surface area contributed by atoms with Crippen molar-refractivity contribution in [3.05, 3.63) is 47.6 Å². The summed E-state index contributed by atoms with van der Waals surface area (Å²) in [6.07, 6.45) is 31.3. The number of carbonyl (C=O) groups is 4. The molecule has 0 aromatic carbocycles. The molecule has 3 saturated heterocycles. The molecule has 6 unspecified atom stereocenters. The van der Waals surface area contributed by atoms with Gasteiger partial charge in [0.05, 0.1) is 18.8 Å². The zero-order chi connectivity index (χ0) is 44.8. The molecule has 3 heterocycles. The molecule has 0 aromatic rings. The van der Waals surface area contributed by atoms with Crippen molar-refractivity contribution in [1.29, 1.82) is 0 Å². The molecule has 8 atom stereocenters. The van der Waals surface area contributed by atoms with Gasteiger partial charge in [-0.25, -0.2) is 9.10 Å². The van der Waals surface area contributed by atoms with Crippen LogP contribution >= 0.6 is 11.9 Å². The van der Waals surface area contributed by atoms with Crippen LogP contribution in [0, 0.1) is 17.8 Å². The van der Waals surface area contributed by atoms with Gasteiger partial charge in [0.25, 0.3) is 11.7 Å². The van der Waals surface area contributed by atoms with Crippen LogP contribution in [-0.2, 0) is 28.7 Å². The Labute approximate surface area is 372 Å². The molecule has 61 heavy (non-hydrogen) atoms. The second kappa shape index (κ2) is 28.2. The highest BCUT2D eigenvalue weighted by Crippen LogP contribution is 2.32. The number of allylic oxidation sites excluding steroid dienone is 6. The van der Waals surface area contributed by atoms with Gasteiger partial charge in [-0.2, -0.15) is 0 Å². The Hall–Kier alpha value is -2.61. The monoisotopic (exact) mass is 873 g/mol. The summed E-state index contributed by atoms with van der Waals surface area (Å²) in [5.74, 6) is -3.53. The fourth-order valence-corrected chi connectivity index (χ4v) is 9.86. The van der Waals surface area contributed by atoms with Gasteiger partial charge in [0.2, 0.25) is 5.79 Å². The van der Waals surface area contributed by atoms with Gasteiger partial charge < -0.3 is 29.7 Å². The first-order valence-electron chi connectivity index (χ1n) is 23.4. The summed E-state index contributed by atoms with van der Waals surface area (Å²) in [5.41, 5.74) is 2.33. The number of ether oxygens (including phenoxy) is 2. The van der Waals surface area contributed by atoms with Crippen LogP contribution in [0.4, 0.5) is 0 Å². The van der Waals surface area contributed by atoms with Crippen molar-refractivity contribution >= 4 is 35.4 Å². The first kappa shape index (κ1) is 52.7. The number of carbonyl (C=O) groups excluding carboxylic acids is 3. The largest absolute Gasteiger partial charge is 0.480 e. The number of hydrogen-bond acceptors (Lipinski definition) is 10. The predicted molar refractivity (Wildman–Crippen MR) is 245 cm³/mol. The minimum atomic E-state index is -2.13. The van der Waals surface area contributed by atoms with E-state index < -0.39 is 41.5 Å². The maximum Gasteiger partial charge on any atom is 0.326 e. The van der Waals surface area contributed by atoms with Crippen LogP contribution in [0.2, 0.25) is 0 Å². The Morgan fingerprint density at radius 2 is 1.67 bits per heavy atom. The van der Waals surface area contributed by atoms with Crippen molar-refractivity contribution < 1.29 is 44.0 Å². The number of hydrogen-bond donors (Lipinski definition) is 3. The summed E-state index contributed by atoms with van der Waals surface area (Å²) in [7, 11) is 1.85. The van der Waals surface area contributed by atoms with Crippen molar-refractivity contribution in [3.8, 4) is 0 Å². The number of Topliss-reactive ketones (excluding diaryl/α,β-unsaturated/α-hetero) is 2. The molecule has 3 N–H and O–H groups in total. The lowest BCUT2D eigenvalue weighted by molar-refractivity contribution is -0.240. The van der Waals surface area contributed by atoms with Crippen LogP contribution in [0.3, 0.4) is 0 Å². The highest BCUT2D eigenvalue weighted by Gasteiger charge is 2.50. The molecule has 1 amide bonds. The van der Waals surface area contributed by atoms with E-state index in [-0.39, 0.29) is 31.3 Å². The zero-order valence-corrected chi connectivity index (χ0v) is 39.2. The molecule has 4 fully saturated rings. The Balaban J connectivity index is 0.000000394. The molecule has 1 saturated carbocycles. The van der Waals surface area contributed by atoms with Gasteiger partial charge in [0, 0.05) is 50.3 Å². The Morgan fingerprint density at radius 1 is 0.902 bits per heavy atom. The van der Waals surface area contributed by atoms with Crippen molar-refractivity contribution in [1.82, 2.24) is 9.21 Å². The number of methoxy groups -OCH3 is 1. The number of amides is 1. The number of carboxylic acid groups (broad SMARTS) is 1. The molecule has 12 heteroatoms. The number of aliphatic carboxylic acids is 1. The molecule has 4 aliphatic rings. The third kappa shape index (κ3) is 17.8. The number of aliphatic hydroxyl groups excluding tert-OH is 1. The summed E-state index contributed by atoms with van der Waals surface area (Å²) < 4.78 is 13.2. The molecular formula is C49H80N2O9S. The van der Waals surface area contributed by atoms with Crippen molar-refractivity contribution in [2.45, 2.75) is 187 Å². The first-order valence-corrected chi connectivity index (χ1v) is 24.4. The third-order valence-electron chi connectivity index (χ3n) is 13.3. The van der Waals surface area contributed by atoms with Gasteiger partial charge in [-0.3, -0.25) is 14.4 Å². The average molecular weight is 873 g/mol. The third-order valence-corrected chi connectivity index (χ3v) is 14.6. The second-order valence-electron chi connectivity index (χ2n) is 18.0. The summed E-state index contributed by atoms with van der Waals surface area (Å²) in [4.78, 5) is 49.6. The van der Waals surface area contributed by atoms with E-state index in [0.29, 0.717) is 44.2 Å².